The van der Waals surface area contributed by atoms with Crippen molar-refractivity contribution in [2.24, 2.45) is 0 Å². The molecule has 0 saturated heterocycles. The zero-order chi connectivity index (χ0) is 10.5. The highest BCUT2D eigenvalue weighted by Gasteiger charge is 2.29. The van der Waals surface area contributed by atoms with E-state index >= 15 is 0 Å². The summed E-state index contributed by atoms with van der Waals surface area (Å²) in [6, 6.07) is 0.319. The zero-order valence-corrected chi connectivity index (χ0v) is 8.20. The highest BCUT2D eigenvalue weighted by Crippen LogP contribution is 2.24. The molecule has 1 N–H and O–H groups in total. The Morgan fingerprint density at radius 3 is 2.31 bits per heavy atom. The lowest BCUT2D eigenvalue weighted by atomic mass is 10.2. The number of hydrogen-bond acceptors (Lipinski definition) is 1. The predicted molar refractivity (Wildman–Crippen MR) is 47.6 cm³/mol. The quantitative estimate of drug-likeness (QED) is 0.537. The molecule has 0 bridgehead atoms. The number of rotatable bonds is 4. The predicted octanol–water partition coefficient (Wildman–Crippen LogP) is 2.88. The molecule has 0 rings (SSSR count). The van der Waals surface area contributed by atoms with Gasteiger partial charge >= 0.3 is 6.18 Å². The SMILES string of the molecule is CC(=CCCNC(C)C)C(F)(F)F. The van der Waals surface area contributed by atoms with Gasteiger partial charge in [0.05, 0.1) is 0 Å². The smallest absolute Gasteiger partial charge is 0.314 e. The fourth-order valence-corrected chi connectivity index (χ4v) is 0.776. The molecule has 0 atom stereocenters. The van der Waals surface area contributed by atoms with Gasteiger partial charge in [0.15, 0.2) is 0 Å². The van der Waals surface area contributed by atoms with Gasteiger partial charge in [0.2, 0.25) is 0 Å². The van der Waals surface area contributed by atoms with Crippen LogP contribution in [0, 0.1) is 0 Å². The topological polar surface area (TPSA) is 12.0 Å². The molecule has 0 aliphatic rings. The first-order chi connectivity index (χ1) is 5.84. The third-order valence-corrected chi connectivity index (χ3v) is 1.59. The van der Waals surface area contributed by atoms with Gasteiger partial charge in [0.1, 0.15) is 0 Å². The summed E-state index contributed by atoms with van der Waals surface area (Å²) in [6.45, 7) is 5.60. The molecule has 78 valence electrons. The standard InChI is InChI=1S/C9H16F3N/c1-7(2)13-6-4-5-8(3)9(10,11)12/h5,7,13H,4,6H2,1-3H3. The first-order valence-corrected chi connectivity index (χ1v) is 4.31. The number of allylic oxidation sites excluding steroid dienone is 1. The van der Waals surface area contributed by atoms with E-state index in [0.717, 1.165) is 6.92 Å². The molecule has 0 amide bonds. The van der Waals surface area contributed by atoms with Crippen LogP contribution in [0.5, 0.6) is 0 Å². The van der Waals surface area contributed by atoms with Crippen LogP contribution in [0.3, 0.4) is 0 Å². The highest BCUT2D eigenvalue weighted by molar-refractivity contribution is 5.04. The van der Waals surface area contributed by atoms with Crippen molar-refractivity contribution in [1.82, 2.24) is 5.32 Å². The van der Waals surface area contributed by atoms with Gasteiger partial charge in [0.25, 0.3) is 0 Å². The van der Waals surface area contributed by atoms with E-state index in [-0.39, 0.29) is 0 Å². The summed E-state index contributed by atoms with van der Waals surface area (Å²) in [5.74, 6) is 0. The van der Waals surface area contributed by atoms with E-state index in [1.54, 1.807) is 0 Å². The Kier molecular flexibility index (Phi) is 5.06. The third kappa shape index (κ3) is 6.63. The molecular formula is C9H16F3N. The van der Waals surface area contributed by atoms with Crippen molar-refractivity contribution in [1.29, 1.82) is 0 Å². The molecule has 0 aromatic rings. The molecule has 0 unspecified atom stereocenters. The molecule has 4 heteroatoms. The molecule has 1 nitrogen and oxygen atoms in total. The van der Waals surface area contributed by atoms with Crippen LogP contribution in [0.25, 0.3) is 0 Å². The van der Waals surface area contributed by atoms with Gasteiger partial charge in [-0.1, -0.05) is 19.9 Å². The second-order valence-corrected chi connectivity index (χ2v) is 3.28. The van der Waals surface area contributed by atoms with E-state index in [2.05, 4.69) is 5.32 Å². The Labute approximate surface area is 77.0 Å². The van der Waals surface area contributed by atoms with E-state index < -0.39 is 11.7 Å². The molecule has 13 heavy (non-hydrogen) atoms. The fourth-order valence-electron chi connectivity index (χ4n) is 0.776. The van der Waals surface area contributed by atoms with Gasteiger partial charge in [-0.2, -0.15) is 13.2 Å². The van der Waals surface area contributed by atoms with Crippen molar-refractivity contribution in [2.45, 2.75) is 39.4 Å². The molecule has 0 saturated carbocycles. The van der Waals surface area contributed by atoms with Crippen LogP contribution in [-0.2, 0) is 0 Å². The summed E-state index contributed by atoms with van der Waals surface area (Å²) in [5, 5.41) is 3.04. The first-order valence-electron chi connectivity index (χ1n) is 4.31. The maximum Gasteiger partial charge on any atom is 0.412 e. The van der Waals surface area contributed by atoms with Gasteiger partial charge in [-0.15, -0.1) is 0 Å². The molecular weight excluding hydrogens is 179 g/mol. The van der Waals surface area contributed by atoms with Crippen molar-refractivity contribution < 1.29 is 13.2 Å². The zero-order valence-electron chi connectivity index (χ0n) is 8.20. The Hall–Kier alpha value is -0.510. The normalized spacial score (nSPS) is 13.9. The lowest BCUT2D eigenvalue weighted by Gasteiger charge is -2.08. The first kappa shape index (κ1) is 12.5. The van der Waals surface area contributed by atoms with Crippen LogP contribution < -0.4 is 5.32 Å². The van der Waals surface area contributed by atoms with Crippen LogP contribution in [0.2, 0.25) is 0 Å². The number of nitrogens with one attached hydrogen (secondary N) is 1. The lowest BCUT2D eigenvalue weighted by molar-refractivity contribution is -0.0915. The summed E-state index contributed by atoms with van der Waals surface area (Å²) < 4.78 is 35.8. The van der Waals surface area contributed by atoms with Crippen LogP contribution >= 0.6 is 0 Å². The maximum absolute atomic E-state index is 11.9. The van der Waals surface area contributed by atoms with Gasteiger partial charge in [-0.25, -0.2) is 0 Å². The average molecular weight is 195 g/mol. The molecule has 0 fully saturated rings. The Bertz CT molecular complexity index is 170. The minimum Gasteiger partial charge on any atom is -0.314 e. The van der Waals surface area contributed by atoms with Gasteiger partial charge in [0, 0.05) is 11.6 Å². The summed E-state index contributed by atoms with van der Waals surface area (Å²) in [6.07, 6.45) is -2.53. The van der Waals surface area contributed by atoms with E-state index in [4.69, 9.17) is 0 Å². The highest BCUT2D eigenvalue weighted by atomic mass is 19.4. The Morgan fingerprint density at radius 1 is 1.38 bits per heavy atom. The van der Waals surface area contributed by atoms with Crippen molar-refractivity contribution in [3.05, 3.63) is 11.6 Å². The van der Waals surface area contributed by atoms with Gasteiger partial charge in [-0.3, -0.25) is 0 Å². The van der Waals surface area contributed by atoms with Crippen molar-refractivity contribution in [3.8, 4) is 0 Å². The number of halogens is 3. The van der Waals surface area contributed by atoms with Crippen molar-refractivity contribution >= 4 is 0 Å². The van der Waals surface area contributed by atoms with E-state index in [9.17, 15) is 13.2 Å². The summed E-state index contributed by atoms with van der Waals surface area (Å²) in [7, 11) is 0. The van der Waals surface area contributed by atoms with E-state index in [0.29, 0.717) is 19.0 Å². The second-order valence-electron chi connectivity index (χ2n) is 3.28. The minimum atomic E-state index is -4.17. The fraction of sp³-hybridized carbons (Fsp3) is 0.778. The molecule has 0 aromatic carbocycles. The summed E-state index contributed by atoms with van der Waals surface area (Å²) >= 11 is 0. The van der Waals surface area contributed by atoms with Gasteiger partial charge in [-0.05, 0) is 19.9 Å². The largest absolute Gasteiger partial charge is 0.412 e. The summed E-state index contributed by atoms with van der Waals surface area (Å²) in [4.78, 5) is 0. The van der Waals surface area contributed by atoms with Crippen molar-refractivity contribution in [3.63, 3.8) is 0 Å². The van der Waals surface area contributed by atoms with E-state index in [1.165, 1.54) is 6.08 Å². The lowest BCUT2D eigenvalue weighted by Crippen LogP contribution is -2.23. The molecule has 0 radical (unpaired) electrons. The van der Waals surface area contributed by atoms with Gasteiger partial charge < -0.3 is 5.32 Å². The Balaban J connectivity index is 3.73. The average Bonchev–Trinajstić information content (AvgIpc) is 1.95. The molecule has 0 heterocycles. The van der Waals surface area contributed by atoms with Crippen LogP contribution in [0.4, 0.5) is 13.2 Å². The third-order valence-electron chi connectivity index (χ3n) is 1.59. The number of alkyl halides is 3. The van der Waals surface area contributed by atoms with E-state index in [1.807, 2.05) is 13.8 Å². The van der Waals surface area contributed by atoms with Crippen molar-refractivity contribution in [2.75, 3.05) is 6.54 Å². The van der Waals surface area contributed by atoms with Crippen LogP contribution in [0.1, 0.15) is 27.2 Å². The van der Waals surface area contributed by atoms with Crippen LogP contribution in [-0.4, -0.2) is 18.8 Å². The second kappa shape index (κ2) is 5.27. The van der Waals surface area contributed by atoms with Crippen LogP contribution in [0.15, 0.2) is 11.6 Å². The monoisotopic (exact) mass is 195 g/mol. The maximum atomic E-state index is 11.9. The Morgan fingerprint density at radius 2 is 1.92 bits per heavy atom. The molecule has 0 spiro atoms. The minimum absolute atomic E-state index is 0.319. The molecule has 0 aromatic heterocycles. The molecule has 0 aliphatic carbocycles. The molecule has 0 aliphatic heterocycles. The summed E-state index contributed by atoms with van der Waals surface area (Å²) in [5.41, 5.74) is -0.516. The number of hydrogen-bond donors (Lipinski definition) is 1.